The molecule has 0 aromatic heterocycles. The smallest absolute Gasteiger partial charge is 0.340 e. The summed E-state index contributed by atoms with van der Waals surface area (Å²) >= 11 is 6.86. The molecular weight excluding hydrogens is 390 g/mol. The molecule has 1 atom stereocenters. The molecule has 1 rings (SSSR count). The zero-order chi connectivity index (χ0) is 15.3. The fourth-order valence-corrected chi connectivity index (χ4v) is 3.10. The van der Waals surface area contributed by atoms with Gasteiger partial charge < -0.3 is 14.8 Å². The number of anilines is 1. The fourth-order valence-electron chi connectivity index (χ4n) is 1.76. The van der Waals surface area contributed by atoms with Crippen molar-refractivity contribution in [2.75, 3.05) is 26.1 Å². The Labute approximate surface area is 136 Å². The monoisotopic (exact) mass is 407 g/mol. The van der Waals surface area contributed by atoms with Crippen molar-refractivity contribution in [3.05, 3.63) is 26.6 Å². The summed E-state index contributed by atoms with van der Waals surface area (Å²) in [5, 5.41) is 3.37. The van der Waals surface area contributed by atoms with E-state index in [1.165, 1.54) is 7.11 Å². The number of esters is 1. The molecule has 0 spiro atoms. The minimum absolute atomic E-state index is 0.0980. The highest BCUT2D eigenvalue weighted by atomic mass is 79.9. The molecule has 4 nitrogen and oxygen atoms in total. The van der Waals surface area contributed by atoms with Gasteiger partial charge in [-0.3, -0.25) is 0 Å². The third-order valence-electron chi connectivity index (χ3n) is 2.94. The molecule has 0 fully saturated rings. The number of hydrogen-bond acceptors (Lipinski definition) is 4. The van der Waals surface area contributed by atoms with E-state index in [4.69, 9.17) is 9.47 Å². The molecule has 0 bridgehead atoms. The van der Waals surface area contributed by atoms with E-state index in [9.17, 15) is 4.79 Å². The number of carbonyl (C=O) groups excluding carboxylic acids is 1. The van der Waals surface area contributed by atoms with Crippen LogP contribution >= 0.6 is 31.9 Å². The van der Waals surface area contributed by atoms with Crippen LogP contribution in [0, 0.1) is 5.92 Å². The summed E-state index contributed by atoms with van der Waals surface area (Å²) in [6.45, 7) is 4.75. The van der Waals surface area contributed by atoms with Crippen molar-refractivity contribution in [3.63, 3.8) is 0 Å². The van der Waals surface area contributed by atoms with Crippen molar-refractivity contribution in [2.45, 2.75) is 19.9 Å². The maximum atomic E-state index is 11.9. The van der Waals surface area contributed by atoms with Crippen LogP contribution in [0.3, 0.4) is 0 Å². The van der Waals surface area contributed by atoms with Crippen LogP contribution in [-0.2, 0) is 9.47 Å². The van der Waals surface area contributed by atoms with Crippen LogP contribution in [0.1, 0.15) is 24.2 Å². The molecule has 1 aromatic rings. The van der Waals surface area contributed by atoms with Crippen molar-refractivity contribution >= 4 is 43.5 Å². The Hall–Kier alpha value is -0.590. The van der Waals surface area contributed by atoms with E-state index < -0.39 is 0 Å². The molecule has 6 heteroatoms. The molecule has 1 unspecified atom stereocenters. The molecular formula is C14H19Br2NO3. The van der Waals surface area contributed by atoms with E-state index in [0.29, 0.717) is 18.1 Å². The van der Waals surface area contributed by atoms with Gasteiger partial charge in [-0.2, -0.15) is 0 Å². The lowest BCUT2D eigenvalue weighted by Crippen LogP contribution is -2.31. The molecule has 1 N–H and O–H groups in total. The second-order valence-electron chi connectivity index (χ2n) is 4.75. The first kappa shape index (κ1) is 17.5. The van der Waals surface area contributed by atoms with E-state index in [-0.39, 0.29) is 12.0 Å². The first-order valence-corrected chi connectivity index (χ1v) is 7.82. The van der Waals surface area contributed by atoms with Crippen molar-refractivity contribution in [2.24, 2.45) is 5.92 Å². The second-order valence-corrected chi connectivity index (χ2v) is 6.52. The Balaban J connectivity index is 3.18. The molecule has 1 aromatic carbocycles. The number of rotatable bonds is 6. The summed E-state index contributed by atoms with van der Waals surface area (Å²) in [5.74, 6) is -0.0228. The number of nitrogens with one attached hydrogen (secondary N) is 1. The van der Waals surface area contributed by atoms with Crippen LogP contribution in [-0.4, -0.2) is 32.8 Å². The molecule has 20 heavy (non-hydrogen) atoms. The lowest BCUT2D eigenvalue weighted by Gasteiger charge is -2.24. The van der Waals surface area contributed by atoms with Crippen LogP contribution in [0.2, 0.25) is 0 Å². The predicted molar refractivity (Wildman–Crippen MR) is 87.3 cm³/mol. The van der Waals surface area contributed by atoms with Gasteiger partial charge >= 0.3 is 5.97 Å². The Morgan fingerprint density at radius 3 is 2.45 bits per heavy atom. The quantitative estimate of drug-likeness (QED) is 0.720. The third kappa shape index (κ3) is 4.46. The van der Waals surface area contributed by atoms with Gasteiger partial charge in [0.25, 0.3) is 0 Å². The Morgan fingerprint density at radius 2 is 1.95 bits per heavy atom. The van der Waals surface area contributed by atoms with Crippen molar-refractivity contribution in [1.29, 1.82) is 0 Å². The number of benzene rings is 1. The molecule has 0 saturated heterocycles. The molecule has 0 radical (unpaired) electrons. The minimum Gasteiger partial charge on any atom is -0.465 e. The normalized spacial score (nSPS) is 12.3. The van der Waals surface area contributed by atoms with Gasteiger partial charge in [0.2, 0.25) is 0 Å². The number of ether oxygens (including phenoxy) is 2. The number of carbonyl (C=O) groups is 1. The topological polar surface area (TPSA) is 47.6 Å². The molecule has 0 aliphatic carbocycles. The van der Waals surface area contributed by atoms with Crippen LogP contribution < -0.4 is 5.32 Å². The number of halogens is 2. The van der Waals surface area contributed by atoms with Crippen molar-refractivity contribution < 1.29 is 14.3 Å². The summed E-state index contributed by atoms with van der Waals surface area (Å²) < 4.78 is 11.7. The SMILES string of the molecule is COCC(Nc1c(Br)cc(Br)cc1C(=O)OC)C(C)C. The maximum Gasteiger partial charge on any atom is 0.340 e. The van der Waals surface area contributed by atoms with Crippen molar-refractivity contribution in [1.82, 2.24) is 0 Å². The second kappa shape index (κ2) is 8.00. The molecule has 0 heterocycles. The molecule has 0 aliphatic heterocycles. The third-order valence-corrected chi connectivity index (χ3v) is 4.02. The van der Waals surface area contributed by atoms with Crippen LogP contribution in [0.5, 0.6) is 0 Å². The van der Waals surface area contributed by atoms with E-state index in [1.54, 1.807) is 13.2 Å². The van der Waals surface area contributed by atoms with Gasteiger partial charge in [0, 0.05) is 16.1 Å². The van der Waals surface area contributed by atoms with Crippen LogP contribution in [0.4, 0.5) is 5.69 Å². The van der Waals surface area contributed by atoms with E-state index in [0.717, 1.165) is 14.6 Å². The highest BCUT2D eigenvalue weighted by molar-refractivity contribution is 9.11. The van der Waals surface area contributed by atoms with Crippen LogP contribution in [0.25, 0.3) is 0 Å². The highest BCUT2D eigenvalue weighted by Crippen LogP contribution is 2.32. The summed E-state index contributed by atoms with van der Waals surface area (Å²) in [5.41, 5.74) is 1.20. The van der Waals surface area contributed by atoms with Gasteiger partial charge in [-0.25, -0.2) is 4.79 Å². The highest BCUT2D eigenvalue weighted by Gasteiger charge is 2.20. The Morgan fingerprint density at radius 1 is 1.30 bits per heavy atom. The minimum atomic E-state index is -0.380. The van der Waals surface area contributed by atoms with Crippen LogP contribution in [0.15, 0.2) is 21.1 Å². The van der Waals surface area contributed by atoms with E-state index >= 15 is 0 Å². The van der Waals surface area contributed by atoms with Gasteiger partial charge in [0.05, 0.1) is 31.0 Å². The summed E-state index contributed by atoms with van der Waals surface area (Å²) in [6.07, 6.45) is 0. The fraction of sp³-hybridized carbons (Fsp3) is 0.500. The predicted octanol–water partition coefficient (Wildman–Crippen LogP) is 4.08. The van der Waals surface area contributed by atoms with Crippen molar-refractivity contribution in [3.8, 4) is 0 Å². The van der Waals surface area contributed by atoms with E-state index in [2.05, 4.69) is 51.0 Å². The number of methoxy groups -OCH3 is 2. The molecule has 0 aliphatic rings. The van der Waals surface area contributed by atoms with E-state index in [1.807, 2.05) is 6.07 Å². The van der Waals surface area contributed by atoms with Gasteiger partial charge in [-0.1, -0.05) is 29.8 Å². The van der Waals surface area contributed by atoms with Gasteiger partial charge in [-0.05, 0) is 34.0 Å². The lowest BCUT2D eigenvalue weighted by molar-refractivity contribution is 0.0601. The zero-order valence-electron chi connectivity index (χ0n) is 12.0. The Bertz CT molecular complexity index is 478. The summed E-state index contributed by atoms with van der Waals surface area (Å²) in [4.78, 5) is 11.9. The Kier molecular flexibility index (Phi) is 6.99. The van der Waals surface area contributed by atoms with Gasteiger partial charge in [0.15, 0.2) is 0 Å². The first-order chi connectivity index (χ1) is 9.40. The zero-order valence-corrected chi connectivity index (χ0v) is 15.2. The molecule has 112 valence electrons. The number of hydrogen-bond donors (Lipinski definition) is 1. The maximum absolute atomic E-state index is 11.9. The largest absolute Gasteiger partial charge is 0.465 e. The lowest BCUT2D eigenvalue weighted by atomic mass is 10.0. The summed E-state index contributed by atoms with van der Waals surface area (Å²) in [7, 11) is 3.03. The summed E-state index contributed by atoms with van der Waals surface area (Å²) in [6, 6.07) is 3.73. The standard InChI is InChI=1S/C14H19Br2NO3/c1-8(2)12(7-19-3)17-13-10(14(18)20-4)5-9(15)6-11(13)16/h5-6,8,12,17H,7H2,1-4H3. The molecule has 0 amide bonds. The van der Waals surface area contributed by atoms with Gasteiger partial charge in [0.1, 0.15) is 0 Å². The van der Waals surface area contributed by atoms with Gasteiger partial charge in [-0.15, -0.1) is 0 Å². The average Bonchev–Trinajstić information content (AvgIpc) is 2.39. The first-order valence-electron chi connectivity index (χ1n) is 6.23. The average molecular weight is 409 g/mol. The molecule has 0 saturated carbocycles.